The molecule has 4 rings (SSSR count). The monoisotopic (exact) mass is 362 g/mol. The minimum Gasteiger partial charge on any atom is -0.497 e. The lowest BCUT2D eigenvalue weighted by Crippen LogP contribution is -2.31. The van der Waals surface area contributed by atoms with Crippen LogP contribution in [0, 0.1) is 0 Å². The first kappa shape index (κ1) is 16.8. The number of amides is 1. The van der Waals surface area contributed by atoms with E-state index in [1.807, 2.05) is 36.4 Å². The number of pyridine rings is 1. The molecule has 0 bridgehead atoms. The predicted octanol–water partition coefficient (Wildman–Crippen LogP) is 2.12. The van der Waals surface area contributed by atoms with E-state index in [0.717, 1.165) is 11.1 Å². The molecule has 8 heteroatoms. The molecule has 0 radical (unpaired) electrons. The van der Waals surface area contributed by atoms with Gasteiger partial charge in [-0.3, -0.25) is 9.78 Å². The third kappa shape index (κ3) is 2.91. The van der Waals surface area contributed by atoms with Crippen molar-refractivity contribution in [1.29, 1.82) is 0 Å². The zero-order valence-corrected chi connectivity index (χ0v) is 14.9. The van der Waals surface area contributed by atoms with Crippen LogP contribution in [0.2, 0.25) is 0 Å². The van der Waals surface area contributed by atoms with E-state index in [1.54, 1.807) is 31.1 Å². The molecule has 1 aliphatic heterocycles. The topological polar surface area (TPSA) is 108 Å². The van der Waals surface area contributed by atoms with E-state index in [0.29, 0.717) is 28.8 Å². The quantitative estimate of drug-likeness (QED) is 0.736. The van der Waals surface area contributed by atoms with Crippen molar-refractivity contribution in [3.8, 4) is 17.1 Å². The van der Waals surface area contributed by atoms with E-state index in [9.17, 15) is 4.79 Å². The Balaban J connectivity index is 1.89. The van der Waals surface area contributed by atoms with Gasteiger partial charge in [0.25, 0.3) is 0 Å². The summed E-state index contributed by atoms with van der Waals surface area (Å²) in [5.41, 5.74) is 8.43. The van der Waals surface area contributed by atoms with Gasteiger partial charge in [0.05, 0.1) is 12.7 Å². The minimum absolute atomic E-state index is 0.432. The zero-order chi connectivity index (χ0) is 19.0. The van der Waals surface area contributed by atoms with Gasteiger partial charge in [0.1, 0.15) is 11.8 Å². The van der Waals surface area contributed by atoms with Crippen LogP contribution in [0.4, 0.5) is 5.95 Å². The molecule has 27 heavy (non-hydrogen) atoms. The highest BCUT2D eigenvalue weighted by Crippen LogP contribution is 2.36. The number of hydrogen-bond acceptors (Lipinski definition) is 6. The average Bonchev–Trinajstić information content (AvgIpc) is 3.11. The fourth-order valence-electron chi connectivity index (χ4n) is 3.21. The van der Waals surface area contributed by atoms with Crippen molar-refractivity contribution in [2.75, 3.05) is 12.4 Å². The van der Waals surface area contributed by atoms with Crippen LogP contribution in [0.25, 0.3) is 11.4 Å². The molecule has 2 aromatic heterocycles. The molecule has 1 aliphatic rings. The normalized spacial score (nSPS) is 15.9. The number of fused-ring (bicyclic) bond motifs is 1. The third-order valence-corrected chi connectivity index (χ3v) is 4.47. The Morgan fingerprint density at radius 1 is 1.26 bits per heavy atom. The molecule has 1 unspecified atom stereocenters. The zero-order valence-electron chi connectivity index (χ0n) is 14.9. The number of hydrogen-bond donors (Lipinski definition) is 2. The fourth-order valence-corrected chi connectivity index (χ4v) is 3.21. The van der Waals surface area contributed by atoms with Crippen LogP contribution in [0.3, 0.4) is 0 Å². The molecule has 136 valence electrons. The summed E-state index contributed by atoms with van der Waals surface area (Å²) in [7, 11) is 1.60. The van der Waals surface area contributed by atoms with Gasteiger partial charge in [0, 0.05) is 23.7 Å². The molecule has 0 saturated heterocycles. The highest BCUT2D eigenvalue weighted by atomic mass is 16.5. The van der Waals surface area contributed by atoms with Gasteiger partial charge in [0.2, 0.25) is 11.9 Å². The van der Waals surface area contributed by atoms with Crippen molar-refractivity contribution >= 4 is 11.9 Å². The Labute approximate surface area is 155 Å². The lowest BCUT2D eigenvalue weighted by molar-refractivity contribution is -0.115. The van der Waals surface area contributed by atoms with E-state index in [2.05, 4.69) is 20.4 Å². The summed E-state index contributed by atoms with van der Waals surface area (Å²) in [6.45, 7) is 1.80. The summed E-state index contributed by atoms with van der Waals surface area (Å²) in [6, 6.07) is 10.6. The number of nitrogens with one attached hydrogen (secondary N) is 1. The van der Waals surface area contributed by atoms with Gasteiger partial charge in [-0.15, -0.1) is 5.10 Å². The largest absolute Gasteiger partial charge is 0.497 e. The van der Waals surface area contributed by atoms with Gasteiger partial charge in [0.15, 0.2) is 5.82 Å². The number of anilines is 1. The summed E-state index contributed by atoms with van der Waals surface area (Å²) >= 11 is 0. The molecule has 3 aromatic rings. The van der Waals surface area contributed by atoms with Gasteiger partial charge in [-0.25, -0.2) is 4.68 Å². The summed E-state index contributed by atoms with van der Waals surface area (Å²) in [4.78, 5) is 20.8. The van der Waals surface area contributed by atoms with Crippen molar-refractivity contribution < 1.29 is 9.53 Å². The first-order valence-corrected chi connectivity index (χ1v) is 8.37. The lowest BCUT2D eigenvalue weighted by Gasteiger charge is -2.27. The van der Waals surface area contributed by atoms with E-state index < -0.39 is 11.9 Å². The number of ether oxygens (including phenoxy) is 1. The van der Waals surface area contributed by atoms with Crippen LogP contribution in [0.15, 0.2) is 60.1 Å². The van der Waals surface area contributed by atoms with Crippen molar-refractivity contribution in [2.45, 2.75) is 13.0 Å². The number of benzene rings is 1. The molecular formula is C19H18N6O2. The van der Waals surface area contributed by atoms with Crippen LogP contribution in [-0.4, -0.2) is 32.8 Å². The van der Waals surface area contributed by atoms with Gasteiger partial charge in [-0.05, 0) is 36.8 Å². The molecule has 1 aromatic carbocycles. The maximum Gasteiger partial charge on any atom is 0.248 e. The molecule has 3 heterocycles. The Kier molecular flexibility index (Phi) is 4.08. The van der Waals surface area contributed by atoms with Gasteiger partial charge in [-0.1, -0.05) is 12.1 Å². The molecule has 0 spiro atoms. The number of primary amides is 1. The molecule has 1 atom stereocenters. The number of methoxy groups -OCH3 is 1. The maximum absolute atomic E-state index is 12.2. The standard InChI is InChI=1S/C19H18N6O2/c1-11-15(17(20)26)16(13-4-3-5-14(10-13)27-2)25-19(22-11)23-18(24-25)12-6-8-21-9-7-12/h3-10,16H,1-2H3,(H2,20,26)(H,22,23,24). The number of nitrogens with zero attached hydrogens (tertiary/aromatic N) is 4. The summed E-state index contributed by atoms with van der Waals surface area (Å²) in [6.07, 6.45) is 3.36. The minimum atomic E-state index is -0.514. The molecule has 0 saturated carbocycles. The lowest BCUT2D eigenvalue weighted by atomic mass is 9.95. The van der Waals surface area contributed by atoms with Crippen molar-refractivity contribution in [1.82, 2.24) is 19.7 Å². The number of aromatic nitrogens is 4. The van der Waals surface area contributed by atoms with Crippen LogP contribution in [0.1, 0.15) is 18.5 Å². The molecule has 0 fully saturated rings. The summed E-state index contributed by atoms with van der Waals surface area (Å²) in [5.74, 6) is 1.24. The van der Waals surface area contributed by atoms with Crippen molar-refractivity contribution in [3.63, 3.8) is 0 Å². The molecular weight excluding hydrogens is 344 g/mol. The van der Waals surface area contributed by atoms with Crippen LogP contribution >= 0.6 is 0 Å². The molecule has 3 N–H and O–H groups in total. The second kappa shape index (κ2) is 6.56. The van der Waals surface area contributed by atoms with Gasteiger partial charge in [-0.2, -0.15) is 4.98 Å². The highest BCUT2D eigenvalue weighted by molar-refractivity contribution is 5.95. The Morgan fingerprint density at radius 2 is 2.04 bits per heavy atom. The first-order chi connectivity index (χ1) is 13.1. The second-order valence-electron chi connectivity index (χ2n) is 6.15. The second-order valence-corrected chi connectivity index (χ2v) is 6.15. The average molecular weight is 362 g/mol. The first-order valence-electron chi connectivity index (χ1n) is 8.37. The van der Waals surface area contributed by atoms with Crippen LogP contribution < -0.4 is 15.8 Å². The Hall–Kier alpha value is -3.68. The molecule has 0 aliphatic carbocycles. The number of carbonyl (C=O) groups excluding carboxylic acids is 1. The maximum atomic E-state index is 12.2. The SMILES string of the molecule is COc1cccc(C2C(C(N)=O)=C(C)Nc3nc(-c4ccncc4)nn32)c1. The number of carbonyl (C=O) groups is 1. The fraction of sp³-hybridized carbons (Fsp3) is 0.158. The number of nitrogens with two attached hydrogens (primary N) is 1. The third-order valence-electron chi connectivity index (χ3n) is 4.47. The smallest absolute Gasteiger partial charge is 0.248 e. The van der Waals surface area contributed by atoms with Crippen LogP contribution in [0.5, 0.6) is 5.75 Å². The van der Waals surface area contributed by atoms with E-state index in [-0.39, 0.29) is 0 Å². The number of rotatable bonds is 4. The van der Waals surface area contributed by atoms with E-state index >= 15 is 0 Å². The Morgan fingerprint density at radius 3 is 2.74 bits per heavy atom. The number of allylic oxidation sites excluding steroid dienone is 1. The van der Waals surface area contributed by atoms with Crippen molar-refractivity contribution in [2.24, 2.45) is 5.73 Å². The molecule has 1 amide bonds. The van der Waals surface area contributed by atoms with E-state index in [4.69, 9.17) is 10.5 Å². The van der Waals surface area contributed by atoms with E-state index in [1.165, 1.54) is 0 Å². The van der Waals surface area contributed by atoms with Crippen molar-refractivity contribution in [3.05, 3.63) is 65.6 Å². The molecule has 8 nitrogen and oxygen atoms in total. The van der Waals surface area contributed by atoms with Crippen LogP contribution in [-0.2, 0) is 4.79 Å². The predicted molar refractivity (Wildman–Crippen MR) is 99.9 cm³/mol. The summed E-state index contributed by atoms with van der Waals surface area (Å²) in [5, 5.41) is 7.76. The summed E-state index contributed by atoms with van der Waals surface area (Å²) < 4.78 is 7.01. The Bertz CT molecular complexity index is 1040. The highest BCUT2D eigenvalue weighted by Gasteiger charge is 2.33. The van der Waals surface area contributed by atoms with Gasteiger partial charge >= 0.3 is 0 Å². The van der Waals surface area contributed by atoms with Gasteiger partial charge < -0.3 is 15.8 Å².